The molecule has 1 atom stereocenters. The van der Waals surface area contributed by atoms with Crippen molar-refractivity contribution >= 4 is 0 Å². The predicted octanol–water partition coefficient (Wildman–Crippen LogP) is 3.31. The maximum absolute atomic E-state index is 14.4. The van der Waals surface area contributed by atoms with E-state index in [1.54, 1.807) is 12.1 Å². The number of hydrogen-bond acceptors (Lipinski definition) is 3. The molecule has 1 aliphatic rings. The van der Waals surface area contributed by atoms with Gasteiger partial charge in [-0.25, -0.2) is 4.39 Å². The van der Waals surface area contributed by atoms with Crippen LogP contribution >= 0.6 is 0 Å². The summed E-state index contributed by atoms with van der Waals surface area (Å²) in [4.78, 5) is 0. The van der Waals surface area contributed by atoms with Gasteiger partial charge in [0, 0.05) is 5.56 Å². The molecule has 0 spiro atoms. The van der Waals surface area contributed by atoms with Crippen LogP contribution in [0, 0.1) is 11.2 Å². The molecule has 0 aliphatic heterocycles. The van der Waals surface area contributed by atoms with Gasteiger partial charge >= 0.3 is 0 Å². The van der Waals surface area contributed by atoms with Crippen LogP contribution in [0.2, 0.25) is 0 Å². The molecule has 4 heteroatoms. The Balaban J connectivity index is 2.36. The van der Waals surface area contributed by atoms with E-state index in [4.69, 9.17) is 10.6 Å². The molecule has 0 heterocycles. The number of halogens is 1. The second-order valence-corrected chi connectivity index (χ2v) is 5.68. The monoisotopic (exact) mass is 266 g/mol. The zero-order chi connectivity index (χ0) is 13.9. The van der Waals surface area contributed by atoms with E-state index in [1.807, 2.05) is 6.07 Å². The number of hydrazine groups is 1. The van der Waals surface area contributed by atoms with Gasteiger partial charge in [0.25, 0.3) is 0 Å². The van der Waals surface area contributed by atoms with E-state index in [2.05, 4.69) is 12.3 Å². The molecule has 3 N–H and O–H groups in total. The van der Waals surface area contributed by atoms with E-state index >= 15 is 0 Å². The quantitative estimate of drug-likeness (QED) is 0.649. The van der Waals surface area contributed by atoms with E-state index < -0.39 is 0 Å². The van der Waals surface area contributed by atoms with Crippen LogP contribution in [0.15, 0.2) is 18.2 Å². The van der Waals surface area contributed by atoms with Crippen molar-refractivity contribution < 1.29 is 9.13 Å². The molecule has 0 aromatic heterocycles. The Morgan fingerprint density at radius 2 is 2.00 bits per heavy atom. The minimum absolute atomic E-state index is 0.000203. The number of benzene rings is 1. The van der Waals surface area contributed by atoms with Crippen molar-refractivity contribution in [2.75, 3.05) is 7.11 Å². The van der Waals surface area contributed by atoms with Crippen molar-refractivity contribution in [2.24, 2.45) is 11.3 Å². The molecule has 1 fully saturated rings. The van der Waals surface area contributed by atoms with Crippen LogP contribution < -0.4 is 16.0 Å². The first-order valence-electron chi connectivity index (χ1n) is 6.91. The van der Waals surface area contributed by atoms with E-state index in [9.17, 15) is 4.39 Å². The molecule has 1 unspecified atom stereocenters. The molecule has 0 saturated heterocycles. The molecule has 1 aromatic rings. The first-order chi connectivity index (χ1) is 9.12. The Labute approximate surface area is 114 Å². The molecule has 0 amide bonds. The summed E-state index contributed by atoms with van der Waals surface area (Å²) in [5, 5.41) is 0. The molecular formula is C15H23FN2O. The SMILES string of the molecule is COc1cccc(C(NN)C2(C)CCCCC2)c1F. The summed E-state index contributed by atoms with van der Waals surface area (Å²) >= 11 is 0. The molecule has 1 aliphatic carbocycles. The number of nitrogens with one attached hydrogen (secondary N) is 1. The highest BCUT2D eigenvalue weighted by Gasteiger charge is 2.37. The third-order valence-corrected chi connectivity index (χ3v) is 4.38. The molecule has 3 nitrogen and oxygen atoms in total. The summed E-state index contributed by atoms with van der Waals surface area (Å²) < 4.78 is 19.5. The van der Waals surface area contributed by atoms with Gasteiger partial charge < -0.3 is 4.74 Å². The second-order valence-electron chi connectivity index (χ2n) is 5.68. The van der Waals surface area contributed by atoms with Crippen molar-refractivity contribution in [3.63, 3.8) is 0 Å². The number of ether oxygens (including phenoxy) is 1. The fraction of sp³-hybridized carbons (Fsp3) is 0.600. The number of methoxy groups -OCH3 is 1. The van der Waals surface area contributed by atoms with Crippen molar-refractivity contribution in [1.82, 2.24) is 5.43 Å². The summed E-state index contributed by atoms with van der Waals surface area (Å²) in [6.07, 6.45) is 5.76. The van der Waals surface area contributed by atoms with Crippen LogP contribution in [0.5, 0.6) is 5.75 Å². The van der Waals surface area contributed by atoms with Gasteiger partial charge in [-0.05, 0) is 24.3 Å². The molecule has 0 bridgehead atoms. The molecule has 106 valence electrons. The Hall–Kier alpha value is -1.13. The van der Waals surface area contributed by atoms with E-state index in [0.29, 0.717) is 5.56 Å². The first kappa shape index (κ1) is 14.3. The predicted molar refractivity (Wildman–Crippen MR) is 74.2 cm³/mol. The molecule has 2 rings (SSSR count). The maximum atomic E-state index is 14.4. The lowest BCUT2D eigenvalue weighted by atomic mass is 9.68. The molecule has 1 aromatic carbocycles. The lowest BCUT2D eigenvalue weighted by Gasteiger charge is -2.40. The van der Waals surface area contributed by atoms with Gasteiger partial charge in [0.2, 0.25) is 0 Å². The zero-order valence-electron chi connectivity index (χ0n) is 11.7. The minimum Gasteiger partial charge on any atom is -0.494 e. The van der Waals surface area contributed by atoms with E-state index in [-0.39, 0.29) is 23.0 Å². The van der Waals surface area contributed by atoms with Crippen molar-refractivity contribution in [3.8, 4) is 5.75 Å². The van der Waals surface area contributed by atoms with Crippen LogP contribution in [-0.4, -0.2) is 7.11 Å². The van der Waals surface area contributed by atoms with Gasteiger partial charge in [-0.1, -0.05) is 38.3 Å². The Kier molecular flexibility index (Phi) is 4.42. The van der Waals surface area contributed by atoms with E-state index in [1.165, 1.54) is 26.4 Å². The highest BCUT2D eigenvalue weighted by Crippen LogP contribution is 2.46. The maximum Gasteiger partial charge on any atom is 0.169 e. The number of hydrogen-bond donors (Lipinski definition) is 2. The smallest absolute Gasteiger partial charge is 0.169 e. The highest BCUT2D eigenvalue weighted by atomic mass is 19.1. The van der Waals surface area contributed by atoms with Gasteiger partial charge in [-0.3, -0.25) is 11.3 Å². The third-order valence-electron chi connectivity index (χ3n) is 4.38. The summed E-state index contributed by atoms with van der Waals surface area (Å²) in [7, 11) is 1.48. The molecule has 19 heavy (non-hydrogen) atoms. The van der Waals surface area contributed by atoms with Gasteiger partial charge in [0.1, 0.15) is 0 Å². The van der Waals surface area contributed by atoms with Crippen LogP contribution in [0.4, 0.5) is 4.39 Å². The lowest BCUT2D eigenvalue weighted by Crippen LogP contribution is -2.41. The van der Waals surface area contributed by atoms with Gasteiger partial charge in [-0.2, -0.15) is 0 Å². The molecular weight excluding hydrogens is 243 g/mol. The Bertz CT molecular complexity index is 430. The Morgan fingerprint density at radius 1 is 1.32 bits per heavy atom. The molecule has 0 radical (unpaired) electrons. The average Bonchev–Trinajstić information content (AvgIpc) is 2.42. The average molecular weight is 266 g/mol. The highest BCUT2D eigenvalue weighted by molar-refractivity contribution is 5.34. The lowest BCUT2D eigenvalue weighted by molar-refractivity contribution is 0.142. The summed E-state index contributed by atoms with van der Waals surface area (Å²) in [6, 6.07) is 5.06. The van der Waals surface area contributed by atoms with Crippen LogP contribution in [-0.2, 0) is 0 Å². The second kappa shape index (κ2) is 5.88. The Morgan fingerprint density at radius 3 is 2.58 bits per heavy atom. The van der Waals surface area contributed by atoms with Gasteiger partial charge in [-0.15, -0.1) is 0 Å². The van der Waals surface area contributed by atoms with Crippen molar-refractivity contribution in [3.05, 3.63) is 29.6 Å². The zero-order valence-corrected chi connectivity index (χ0v) is 11.7. The fourth-order valence-corrected chi connectivity index (χ4v) is 3.22. The topological polar surface area (TPSA) is 47.3 Å². The van der Waals surface area contributed by atoms with Gasteiger partial charge in [0.15, 0.2) is 11.6 Å². The minimum atomic E-state index is -0.306. The standard InChI is InChI=1S/C15H23FN2O/c1-15(9-4-3-5-10-15)14(18-17)11-7-6-8-12(19-2)13(11)16/h6-8,14,18H,3-5,9-10,17H2,1-2H3. The third kappa shape index (κ3) is 2.74. The fourth-order valence-electron chi connectivity index (χ4n) is 3.22. The van der Waals surface area contributed by atoms with Crippen LogP contribution in [0.1, 0.15) is 50.6 Å². The van der Waals surface area contributed by atoms with Crippen molar-refractivity contribution in [2.45, 2.75) is 45.1 Å². The van der Waals surface area contributed by atoms with E-state index in [0.717, 1.165) is 12.8 Å². The van der Waals surface area contributed by atoms with Crippen molar-refractivity contribution in [1.29, 1.82) is 0 Å². The number of rotatable bonds is 4. The largest absolute Gasteiger partial charge is 0.494 e. The summed E-state index contributed by atoms with van der Waals surface area (Å²) in [5.74, 6) is 5.69. The van der Waals surface area contributed by atoms with Crippen LogP contribution in [0.3, 0.4) is 0 Å². The molecule has 1 saturated carbocycles. The summed E-state index contributed by atoms with van der Waals surface area (Å²) in [6.45, 7) is 2.19. The van der Waals surface area contributed by atoms with Gasteiger partial charge in [0.05, 0.1) is 13.2 Å². The number of nitrogens with two attached hydrogens (primary N) is 1. The summed E-state index contributed by atoms with van der Waals surface area (Å²) in [5.41, 5.74) is 3.43. The first-order valence-corrected chi connectivity index (χ1v) is 6.91. The van der Waals surface area contributed by atoms with Crippen LogP contribution in [0.25, 0.3) is 0 Å². The normalized spacial score (nSPS) is 20.0.